The molecule has 0 saturated heterocycles. The van der Waals surface area contributed by atoms with E-state index < -0.39 is 10.0 Å². The molecule has 128 valence electrons. The number of aryl methyl sites for hydroxylation is 1. The molecule has 0 spiro atoms. The Labute approximate surface area is 138 Å². The fourth-order valence-electron chi connectivity index (χ4n) is 2.97. The number of hydrogen-bond donors (Lipinski definition) is 2. The van der Waals surface area contributed by atoms with Gasteiger partial charge in [-0.2, -0.15) is 0 Å². The van der Waals surface area contributed by atoms with Crippen molar-refractivity contribution in [2.24, 2.45) is 5.92 Å². The van der Waals surface area contributed by atoms with Crippen LogP contribution in [-0.2, 0) is 21.2 Å². The molecule has 5 nitrogen and oxygen atoms in total. The Morgan fingerprint density at radius 3 is 2.39 bits per heavy atom. The van der Waals surface area contributed by atoms with Crippen LogP contribution in [0.3, 0.4) is 0 Å². The molecule has 0 unspecified atom stereocenters. The Kier molecular flexibility index (Phi) is 6.45. The summed E-state index contributed by atoms with van der Waals surface area (Å²) in [6.07, 6.45) is 8.55. The summed E-state index contributed by atoms with van der Waals surface area (Å²) >= 11 is 0. The van der Waals surface area contributed by atoms with Crippen LogP contribution in [0.5, 0.6) is 0 Å². The van der Waals surface area contributed by atoms with E-state index in [1.165, 1.54) is 19.3 Å². The Balaban J connectivity index is 1.68. The number of carbonyl (C=O) groups is 1. The van der Waals surface area contributed by atoms with Crippen molar-refractivity contribution >= 4 is 21.6 Å². The first-order valence-corrected chi connectivity index (χ1v) is 10.2. The van der Waals surface area contributed by atoms with Gasteiger partial charge in [0.2, 0.25) is 15.9 Å². The van der Waals surface area contributed by atoms with Crippen LogP contribution in [0.15, 0.2) is 24.3 Å². The van der Waals surface area contributed by atoms with E-state index in [9.17, 15) is 13.2 Å². The van der Waals surface area contributed by atoms with Crippen molar-refractivity contribution < 1.29 is 13.2 Å². The molecule has 1 saturated carbocycles. The lowest BCUT2D eigenvalue weighted by Crippen LogP contribution is -2.32. The molecule has 2 rings (SSSR count). The summed E-state index contributed by atoms with van der Waals surface area (Å²) in [6.45, 7) is 0.693. The van der Waals surface area contributed by atoms with E-state index in [1.807, 2.05) is 12.1 Å². The summed E-state index contributed by atoms with van der Waals surface area (Å²) in [5, 5.41) is 3.03. The maximum absolute atomic E-state index is 12.0. The molecule has 1 aromatic carbocycles. The van der Waals surface area contributed by atoms with Crippen LogP contribution >= 0.6 is 0 Å². The Morgan fingerprint density at radius 1 is 1.13 bits per heavy atom. The average Bonchev–Trinajstić information content (AvgIpc) is 2.52. The first-order chi connectivity index (χ1) is 10.9. The molecule has 1 fully saturated rings. The maximum atomic E-state index is 12.0. The lowest BCUT2D eigenvalue weighted by atomic mass is 9.88. The summed E-state index contributed by atoms with van der Waals surface area (Å²) in [5.74, 6) is 0.419. The molecule has 0 aliphatic heterocycles. The predicted molar refractivity (Wildman–Crippen MR) is 92.8 cm³/mol. The van der Waals surface area contributed by atoms with Gasteiger partial charge in [-0.25, -0.2) is 8.42 Å². The minimum atomic E-state index is -3.23. The SMILES string of the molecule is CS(=O)(=O)Nc1ccc(CCCNC(=O)C2CCCCC2)cc1. The molecule has 0 radical (unpaired) electrons. The van der Waals surface area contributed by atoms with Gasteiger partial charge in [0.05, 0.1) is 6.26 Å². The second-order valence-electron chi connectivity index (χ2n) is 6.30. The number of nitrogens with one attached hydrogen (secondary N) is 2. The van der Waals surface area contributed by atoms with Gasteiger partial charge in [-0.1, -0.05) is 31.4 Å². The number of benzene rings is 1. The monoisotopic (exact) mass is 338 g/mol. The highest BCUT2D eigenvalue weighted by Crippen LogP contribution is 2.23. The molecule has 6 heteroatoms. The summed E-state index contributed by atoms with van der Waals surface area (Å²) in [5.41, 5.74) is 1.71. The van der Waals surface area contributed by atoms with E-state index in [0.29, 0.717) is 12.2 Å². The largest absolute Gasteiger partial charge is 0.356 e. The highest BCUT2D eigenvalue weighted by atomic mass is 32.2. The Hall–Kier alpha value is -1.56. The van der Waals surface area contributed by atoms with Crippen molar-refractivity contribution in [2.45, 2.75) is 44.9 Å². The number of anilines is 1. The standard InChI is InChI=1S/C17H26N2O3S/c1-23(21,22)19-16-11-9-14(10-12-16)6-5-13-18-17(20)15-7-3-2-4-8-15/h9-12,15,19H,2-8,13H2,1H3,(H,18,20). The van der Waals surface area contributed by atoms with Gasteiger partial charge in [-0.15, -0.1) is 0 Å². The Bertz CT molecular complexity index is 605. The molecule has 0 bridgehead atoms. The second-order valence-corrected chi connectivity index (χ2v) is 8.05. The first kappa shape index (κ1) is 17.8. The normalized spacial score (nSPS) is 16.0. The van der Waals surface area contributed by atoms with E-state index >= 15 is 0 Å². The zero-order chi connectivity index (χ0) is 16.7. The fraction of sp³-hybridized carbons (Fsp3) is 0.588. The number of amides is 1. The van der Waals surface area contributed by atoms with E-state index in [4.69, 9.17) is 0 Å². The van der Waals surface area contributed by atoms with E-state index in [2.05, 4.69) is 10.0 Å². The summed E-state index contributed by atoms with van der Waals surface area (Å²) in [7, 11) is -3.23. The smallest absolute Gasteiger partial charge is 0.229 e. The molecular weight excluding hydrogens is 312 g/mol. The highest BCUT2D eigenvalue weighted by Gasteiger charge is 2.20. The van der Waals surface area contributed by atoms with Crippen molar-refractivity contribution in [3.8, 4) is 0 Å². The highest BCUT2D eigenvalue weighted by molar-refractivity contribution is 7.92. The van der Waals surface area contributed by atoms with E-state index in [-0.39, 0.29) is 11.8 Å². The minimum Gasteiger partial charge on any atom is -0.356 e. The van der Waals surface area contributed by atoms with E-state index in [1.54, 1.807) is 12.1 Å². The van der Waals surface area contributed by atoms with Crippen LogP contribution < -0.4 is 10.0 Å². The molecule has 1 aliphatic rings. The van der Waals surface area contributed by atoms with Crippen molar-refractivity contribution in [1.82, 2.24) is 5.32 Å². The summed E-state index contributed by atoms with van der Waals surface area (Å²) < 4.78 is 24.7. The zero-order valence-corrected chi connectivity index (χ0v) is 14.5. The molecule has 0 aromatic heterocycles. The van der Waals surface area contributed by atoms with Gasteiger partial charge in [0.15, 0.2) is 0 Å². The number of hydrogen-bond acceptors (Lipinski definition) is 3. The topological polar surface area (TPSA) is 75.3 Å². The maximum Gasteiger partial charge on any atom is 0.229 e. The first-order valence-electron chi connectivity index (χ1n) is 8.28. The molecular formula is C17H26N2O3S. The summed E-state index contributed by atoms with van der Waals surface area (Å²) in [6, 6.07) is 7.35. The van der Waals surface area contributed by atoms with Gasteiger partial charge in [0.25, 0.3) is 0 Å². The third-order valence-corrected chi connectivity index (χ3v) is 4.78. The van der Waals surface area contributed by atoms with Gasteiger partial charge in [-0.05, 0) is 43.4 Å². The van der Waals surface area contributed by atoms with Gasteiger partial charge in [0, 0.05) is 18.2 Å². The van der Waals surface area contributed by atoms with Crippen molar-refractivity contribution in [2.75, 3.05) is 17.5 Å². The van der Waals surface area contributed by atoms with Gasteiger partial charge < -0.3 is 5.32 Å². The third-order valence-electron chi connectivity index (χ3n) is 4.17. The molecule has 0 heterocycles. The van der Waals surface area contributed by atoms with Crippen molar-refractivity contribution in [3.05, 3.63) is 29.8 Å². The number of rotatable bonds is 7. The lowest BCUT2D eigenvalue weighted by molar-refractivity contribution is -0.125. The molecule has 1 amide bonds. The van der Waals surface area contributed by atoms with Crippen LogP contribution in [0, 0.1) is 5.92 Å². The predicted octanol–water partition coefficient (Wildman–Crippen LogP) is 2.69. The lowest BCUT2D eigenvalue weighted by Gasteiger charge is -2.20. The minimum absolute atomic E-state index is 0.206. The molecule has 0 atom stereocenters. The van der Waals surface area contributed by atoms with Crippen LogP contribution in [0.1, 0.15) is 44.1 Å². The van der Waals surface area contributed by atoms with Crippen molar-refractivity contribution in [1.29, 1.82) is 0 Å². The average molecular weight is 338 g/mol. The van der Waals surface area contributed by atoms with E-state index in [0.717, 1.165) is 37.5 Å². The van der Waals surface area contributed by atoms with Gasteiger partial charge >= 0.3 is 0 Å². The fourth-order valence-corrected chi connectivity index (χ4v) is 3.53. The zero-order valence-electron chi connectivity index (χ0n) is 13.7. The molecule has 2 N–H and O–H groups in total. The van der Waals surface area contributed by atoms with Crippen LogP contribution in [0.25, 0.3) is 0 Å². The second kappa shape index (κ2) is 8.34. The Morgan fingerprint density at radius 2 is 1.78 bits per heavy atom. The van der Waals surface area contributed by atoms with Gasteiger partial charge in [-0.3, -0.25) is 9.52 Å². The van der Waals surface area contributed by atoms with Crippen molar-refractivity contribution in [3.63, 3.8) is 0 Å². The summed E-state index contributed by atoms with van der Waals surface area (Å²) in [4.78, 5) is 12.0. The molecule has 1 aromatic rings. The molecule has 1 aliphatic carbocycles. The van der Waals surface area contributed by atoms with Crippen LogP contribution in [0.2, 0.25) is 0 Å². The number of sulfonamides is 1. The molecule has 23 heavy (non-hydrogen) atoms. The van der Waals surface area contributed by atoms with Gasteiger partial charge in [0.1, 0.15) is 0 Å². The third kappa shape index (κ3) is 6.60. The van der Waals surface area contributed by atoms with Crippen LogP contribution in [0.4, 0.5) is 5.69 Å². The quantitative estimate of drug-likeness (QED) is 0.751. The number of carbonyl (C=O) groups excluding carboxylic acids is 1. The van der Waals surface area contributed by atoms with Crippen LogP contribution in [-0.4, -0.2) is 27.1 Å².